The highest BCUT2D eigenvalue weighted by Gasteiger charge is 2.27. The Morgan fingerprint density at radius 1 is 1.33 bits per heavy atom. The fourth-order valence-electron chi connectivity index (χ4n) is 2.20. The maximum absolute atomic E-state index is 12.1. The maximum atomic E-state index is 12.1. The van der Waals surface area contributed by atoms with Crippen molar-refractivity contribution in [2.24, 2.45) is 11.8 Å². The lowest BCUT2D eigenvalue weighted by Crippen LogP contribution is -2.46. The molecule has 2 N–H and O–H groups in total. The van der Waals surface area contributed by atoms with Gasteiger partial charge in [0, 0.05) is 5.92 Å². The van der Waals surface area contributed by atoms with Gasteiger partial charge < -0.3 is 15.4 Å². The van der Waals surface area contributed by atoms with E-state index >= 15 is 0 Å². The smallest absolute Gasteiger partial charge is 0.328 e. The van der Waals surface area contributed by atoms with Crippen molar-refractivity contribution in [3.05, 3.63) is 0 Å². The Kier molecular flexibility index (Phi) is 6.12. The average molecular weight is 256 g/mol. The third-order valence-electron chi connectivity index (χ3n) is 3.22. The normalized spacial score (nSPS) is 18.4. The van der Waals surface area contributed by atoms with Crippen LogP contribution >= 0.6 is 0 Å². The standard InChI is InChI=1S/C13H24N2O3/c1-9(2)8-11(13(17)18-3)15-12(16)10-4-6-14-7-5-10/h9-11,14H,4-8H2,1-3H3,(H,15,16). The number of hydrogen-bond acceptors (Lipinski definition) is 4. The first-order valence-electron chi connectivity index (χ1n) is 6.63. The van der Waals surface area contributed by atoms with Crippen LogP contribution in [0.2, 0.25) is 0 Å². The first kappa shape index (κ1) is 15.0. The zero-order valence-corrected chi connectivity index (χ0v) is 11.5. The van der Waals surface area contributed by atoms with Gasteiger partial charge in [-0.15, -0.1) is 0 Å². The molecule has 1 saturated heterocycles. The highest BCUT2D eigenvalue weighted by Crippen LogP contribution is 2.13. The summed E-state index contributed by atoms with van der Waals surface area (Å²) in [6.45, 7) is 5.77. The summed E-state index contributed by atoms with van der Waals surface area (Å²) in [5.74, 6) is -0.0217. The zero-order chi connectivity index (χ0) is 13.5. The molecule has 1 aliphatic rings. The second kappa shape index (κ2) is 7.36. The quantitative estimate of drug-likeness (QED) is 0.710. The van der Waals surface area contributed by atoms with Crippen LogP contribution in [0.5, 0.6) is 0 Å². The van der Waals surface area contributed by atoms with E-state index in [1.54, 1.807) is 0 Å². The Balaban J connectivity index is 2.52. The monoisotopic (exact) mass is 256 g/mol. The van der Waals surface area contributed by atoms with Crippen LogP contribution in [0.15, 0.2) is 0 Å². The van der Waals surface area contributed by atoms with E-state index in [0.29, 0.717) is 12.3 Å². The number of ether oxygens (including phenoxy) is 1. The van der Waals surface area contributed by atoms with Crippen molar-refractivity contribution in [2.45, 2.75) is 39.2 Å². The van der Waals surface area contributed by atoms with E-state index in [4.69, 9.17) is 4.74 Å². The van der Waals surface area contributed by atoms with Crippen molar-refractivity contribution in [2.75, 3.05) is 20.2 Å². The molecule has 1 atom stereocenters. The molecule has 1 unspecified atom stereocenters. The molecule has 0 bridgehead atoms. The van der Waals surface area contributed by atoms with Crippen molar-refractivity contribution >= 4 is 11.9 Å². The number of amides is 1. The average Bonchev–Trinajstić information content (AvgIpc) is 2.37. The van der Waals surface area contributed by atoms with Gasteiger partial charge >= 0.3 is 5.97 Å². The van der Waals surface area contributed by atoms with Gasteiger partial charge in [-0.3, -0.25) is 4.79 Å². The predicted octanol–water partition coefficient (Wildman–Crippen LogP) is 0.690. The molecule has 5 heteroatoms. The minimum atomic E-state index is -0.516. The van der Waals surface area contributed by atoms with Gasteiger partial charge in [-0.2, -0.15) is 0 Å². The molecule has 1 rings (SSSR count). The summed E-state index contributed by atoms with van der Waals surface area (Å²) in [4.78, 5) is 23.7. The lowest BCUT2D eigenvalue weighted by atomic mass is 9.96. The topological polar surface area (TPSA) is 67.4 Å². The van der Waals surface area contributed by atoms with Gasteiger partial charge in [-0.1, -0.05) is 13.8 Å². The first-order chi connectivity index (χ1) is 8.54. The molecule has 0 aromatic rings. The summed E-state index contributed by atoms with van der Waals surface area (Å²) in [6.07, 6.45) is 2.28. The molecule has 1 amide bonds. The fraction of sp³-hybridized carbons (Fsp3) is 0.846. The molecule has 0 spiro atoms. The maximum Gasteiger partial charge on any atom is 0.328 e. The van der Waals surface area contributed by atoms with Gasteiger partial charge in [0.1, 0.15) is 6.04 Å². The second-order valence-electron chi connectivity index (χ2n) is 5.24. The minimum Gasteiger partial charge on any atom is -0.467 e. The molecule has 1 aliphatic heterocycles. The van der Waals surface area contributed by atoms with Gasteiger partial charge in [0.15, 0.2) is 0 Å². The largest absolute Gasteiger partial charge is 0.467 e. The van der Waals surface area contributed by atoms with E-state index in [1.807, 2.05) is 13.8 Å². The molecule has 18 heavy (non-hydrogen) atoms. The lowest BCUT2D eigenvalue weighted by molar-refractivity contribution is -0.146. The van der Waals surface area contributed by atoms with Crippen LogP contribution in [0.4, 0.5) is 0 Å². The number of hydrogen-bond donors (Lipinski definition) is 2. The van der Waals surface area contributed by atoms with E-state index in [1.165, 1.54) is 7.11 Å². The molecule has 0 aromatic carbocycles. The third-order valence-corrected chi connectivity index (χ3v) is 3.22. The van der Waals surface area contributed by atoms with E-state index in [2.05, 4.69) is 10.6 Å². The van der Waals surface area contributed by atoms with Crippen molar-refractivity contribution < 1.29 is 14.3 Å². The van der Waals surface area contributed by atoms with Crippen LogP contribution in [0, 0.1) is 11.8 Å². The number of piperidine rings is 1. The van der Waals surface area contributed by atoms with E-state index in [9.17, 15) is 9.59 Å². The molecule has 0 aromatic heterocycles. The molecule has 5 nitrogen and oxygen atoms in total. The lowest BCUT2D eigenvalue weighted by Gasteiger charge is -2.25. The van der Waals surface area contributed by atoms with Crippen molar-refractivity contribution in [3.63, 3.8) is 0 Å². The van der Waals surface area contributed by atoms with Gasteiger partial charge in [0.25, 0.3) is 0 Å². The Morgan fingerprint density at radius 2 is 1.94 bits per heavy atom. The highest BCUT2D eigenvalue weighted by atomic mass is 16.5. The van der Waals surface area contributed by atoms with Crippen LogP contribution in [0.1, 0.15) is 33.1 Å². The number of carbonyl (C=O) groups excluding carboxylic acids is 2. The zero-order valence-electron chi connectivity index (χ0n) is 11.5. The number of methoxy groups -OCH3 is 1. The molecule has 0 radical (unpaired) electrons. The summed E-state index contributed by atoms with van der Waals surface area (Å²) in [5.41, 5.74) is 0. The Labute approximate surface area is 109 Å². The second-order valence-corrected chi connectivity index (χ2v) is 5.24. The van der Waals surface area contributed by atoms with Gasteiger partial charge in [-0.05, 0) is 38.3 Å². The number of nitrogens with one attached hydrogen (secondary N) is 2. The third kappa shape index (κ3) is 4.64. The van der Waals surface area contributed by atoms with Crippen LogP contribution < -0.4 is 10.6 Å². The van der Waals surface area contributed by atoms with Crippen LogP contribution in [-0.2, 0) is 14.3 Å². The molecule has 1 fully saturated rings. The molecule has 0 aliphatic carbocycles. The SMILES string of the molecule is COC(=O)C(CC(C)C)NC(=O)C1CCNCC1. The van der Waals surface area contributed by atoms with E-state index in [-0.39, 0.29) is 17.8 Å². The Hall–Kier alpha value is -1.10. The number of carbonyl (C=O) groups is 2. The van der Waals surface area contributed by atoms with Crippen LogP contribution in [0.25, 0.3) is 0 Å². The molecule has 0 saturated carbocycles. The van der Waals surface area contributed by atoms with E-state index in [0.717, 1.165) is 25.9 Å². The minimum absolute atomic E-state index is 0.0190. The van der Waals surface area contributed by atoms with Gasteiger partial charge in [0.05, 0.1) is 7.11 Å². The molecule has 104 valence electrons. The number of rotatable bonds is 5. The Morgan fingerprint density at radius 3 is 2.44 bits per heavy atom. The summed E-state index contributed by atoms with van der Waals surface area (Å²) in [6, 6.07) is -0.516. The highest BCUT2D eigenvalue weighted by molar-refractivity contribution is 5.85. The van der Waals surface area contributed by atoms with Gasteiger partial charge in [0.2, 0.25) is 5.91 Å². The summed E-state index contributed by atoms with van der Waals surface area (Å²) in [7, 11) is 1.35. The summed E-state index contributed by atoms with van der Waals surface area (Å²) in [5, 5.41) is 6.04. The van der Waals surface area contributed by atoms with E-state index < -0.39 is 6.04 Å². The first-order valence-corrected chi connectivity index (χ1v) is 6.63. The molecular formula is C13H24N2O3. The van der Waals surface area contributed by atoms with Crippen LogP contribution in [0.3, 0.4) is 0 Å². The Bertz CT molecular complexity index is 286. The summed E-state index contributed by atoms with van der Waals surface area (Å²) >= 11 is 0. The van der Waals surface area contributed by atoms with Crippen molar-refractivity contribution in [1.82, 2.24) is 10.6 Å². The summed E-state index contributed by atoms with van der Waals surface area (Å²) < 4.78 is 4.74. The van der Waals surface area contributed by atoms with Gasteiger partial charge in [-0.25, -0.2) is 4.79 Å². The van der Waals surface area contributed by atoms with Crippen molar-refractivity contribution in [1.29, 1.82) is 0 Å². The predicted molar refractivity (Wildman–Crippen MR) is 69.0 cm³/mol. The molecule has 1 heterocycles. The van der Waals surface area contributed by atoms with Crippen molar-refractivity contribution in [3.8, 4) is 0 Å². The number of esters is 1. The molecular weight excluding hydrogens is 232 g/mol. The fourth-order valence-corrected chi connectivity index (χ4v) is 2.20. The van der Waals surface area contributed by atoms with Crippen LogP contribution in [-0.4, -0.2) is 38.1 Å².